The average molecular weight is 336 g/mol. The van der Waals surface area contributed by atoms with E-state index in [2.05, 4.69) is 17.1 Å². The van der Waals surface area contributed by atoms with E-state index < -0.39 is 0 Å². The van der Waals surface area contributed by atoms with Gasteiger partial charge in [-0.1, -0.05) is 42.5 Å². The van der Waals surface area contributed by atoms with Crippen molar-refractivity contribution in [3.05, 3.63) is 70.7 Å². The third-order valence-corrected chi connectivity index (χ3v) is 5.55. The lowest BCUT2D eigenvalue weighted by Gasteiger charge is -2.28. The SMILES string of the molecule is O=C1N=C2C=CC=CC2S/C1=C\C(=O)N1CCc2ccccc2C1. The second-order valence-electron chi connectivity index (χ2n) is 5.91. The summed E-state index contributed by atoms with van der Waals surface area (Å²) in [6.45, 7) is 1.28. The molecule has 3 aliphatic rings. The molecule has 1 atom stereocenters. The maximum Gasteiger partial charge on any atom is 0.283 e. The number of thioether (sulfide) groups is 1. The van der Waals surface area contributed by atoms with E-state index in [1.165, 1.54) is 29.0 Å². The Hall–Kier alpha value is -2.40. The number of benzene rings is 1. The first-order valence-electron chi connectivity index (χ1n) is 7.92. The van der Waals surface area contributed by atoms with E-state index in [9.17, 15) is 9.59 Å². The first-order chi connectivity index (χ1) is 11.7. The number of aliphatic imine (C=N–C) groups is 1. The summed E-state index contributed by atoms with van der Waals surface area (Å²) in [6.07, 6.45) is 9.95. The smallest absolute Gasteiger partial charge is 0.283 e. The van der Waals surface area contributed by atoms with Crippen LogP contribution in [0.2, 0.25) is 0 Å². The van der Waals surface area contributed by atoms with Gasteiger partial charge in [0.1, 0.15) is 0 Å². The van der Waals surface area contributed by atoms with Crippen LogP contribution < -0.4 is 0 Å². The van der Waals surface area contributed by atoms with E-state index in [-0.39, 0.29) is 17.1 Å². The number of rotatable bonds is 1. The minimum Gasteiger partial charge on any atom is -0.334 e. The molecule has 1 aromatic rings. The molecule has 0 fully saturated rings. The third kappa shape index (κ3) is 2.87. The maximum absolute atomic E-state index is 12.6. The van der Waals surface area contributed by atoms with Crippen LogP contribution in [0.3, 0.4) is 0 Å². The van der Waals surface area contributed by atoms with Crippen LogP contribution in [0.4, 0.5) is 0 Å². The van der Waals surface area contributed by atoms with Crippen LogP contribution >= 0.6 is 11.8 Å². The Balaban J connectivity index is 1.53. The summed E-state index contributed by atoms with van der Waals surface area (Å²) < 4.78 is 0. The lowest BCUT2D eigenvalue weighted by Crippen LogP contribution is -2.35. The van der Waals surface area contributed by atoms with E-state index in [4.69, 9.17) is 0 Å². The fourth-order valence-electron chi connectivity index (χ4n) is 3.06. The van der Waals surface area contributed by atoms with Crippen molar-refractivity contribution in [2.75, 3.05) is 6.54 Å². The molecule has 1 aliphatic carbocycles. The molecule has 1 aromatic carbocycles. The maximum atomic E-state index is 12.6. The first kappa shape index (κ1) is 15.1. The highest BCUT2D eigenvalue weighted by molar-refractivity contribution is 8.05. The van der Waals surface area contributed by atoms with E-state index in [1.807, 2.05) is 36.4 Å². The lowest BCUT2D eigenvalue weighted by molar-refractivity contribution is -0.127. The molecule has 0 spiro atoms. The zero-order chi connectivity index (χ0) is 16.5. The Morgan fingerprint density at radius 2 is 2.08 bits per heavy atom. The van der Waals surface area contributed by atoms with Gasteiger partial charge in [-0.15, -0.1) is 11.8 Å². The van der Waals surface area contributed by atoms with E-state index in [0.717, 1.165) is 12.1 Å². The molecule has 4 nitrogen and oxygen atoms in total. The zero-order valence-electron chi connectivity index (χ0n) is 13.0. The van der Waals surface area contributed by atoms with Gasteiger partial charge < -0.3 is 4.90 Å². The molecule has 2 aliphatic heterocycles. The van der Waals surface area contributed by atoms with Gasteiger partial charge in [0.2, 0.25) is 5.91 Å². The van der Waals surface area contributed by atoms with Gasteiger partial charge in [-0.05, 0) is 23.6 Å². The van der Waals surface area contributed by atoms with Gasteiger partial charge in [0.05, 0.1) is 15.9 Å². The van der Waals surface area contributed by atoms with Gasteiger partial charge in [-0.25, -0.2) is 4.99 Å². The Morgan fingerprint density at radius 1 is 1.25 bits per heavy atom. The van der Waals surface area contributed by atoms with Crippen LogP contribution in [-0.2, 0) is 22.6 Å². The number of hydrogen-bond acceptors (Lipinski definition) is 3. The van der Waals surface area contributed by atoms with Gasteiger partial charge >= 0.3 is 0 Å². The summed E-state index contributed by atoms with van der Waals surface area (Å²) in [5, 5.41) is 0.0221. The molecule has 5 heteroatoms. The van der Waals surface area contributed by atoms with Crippen molar-refractivity contribution < 1.29 is 9.59 Å². The number of nitrogens with zero attached hydrogens (tertiary/aromatic N) is 2. The summed E-state index contributed by atoms with van der Waals surface area (Å²) in [7, 11) is 0. The molecule has 24 heavy (non-hydrogen) atoms. The largest absolute Gasteiger partial charge is 0.334 e. The number of allylic oxidation sites excluding steroid dienone is 3. The third-order valence-electron chi connectivity index (χ3n) is 4.35. The molecule has 1 unspecified atom stereocenters. The predicted molar refractivity (Wildman–Crippen MR) is 95.7 cm³/mol. The van der Waals surface area contributed by atoms with Gasteiger partial charge in [0, 0.05) is 19.2 Å². The summed E-state index contributed by atoms with van der Waals surface area (Å²) in [5.74, 6) is -0.439. The fraction of sp³-hybridized carbons (Fsp3) is 0.211. The predicted octanol–water partition coefficient (Wildman–Crippen LogP) is 2.66. The van der Waals surface area contributed by atoms with Crippen LogP contribution in [0.5, 0.6) is 0 Å². The molecule has 0 saturated carbocycles. The molecule has 0 bridgehead atoms. The monoisotopic (exact) mass is 336 g/mol. The van der Waals surface area contributed by atoms with E-state index in [0.29, 0.717) is 18.0 Å². The summed E-state index contributed by atoms with van der Waals surface area (Å²) in [6, 6.07) is 8.18. The normalized spacial score (nSPS) is 23.8. The fourth-order valence-corrected chi connectivity index (χ4v) is 4.07. The molecule has 2 heterocycles. The second-order valence-corrected chi connectivity index (χ2v) is 7.09. The molecular formula is C19H16N2O2S. The Kier molecular flexibility index (Phi) is 3.94. The highest BCUT2D eigenvalue weighted by Crippen LogP contribution is 2.31. The molecule has 0 saturated heterocycles. The average Bonchev–Trinajstić information content (AvgIpc) is 2.62. The Bertz CT molecular complexity index is 836. The highest BCUT2D eigenvalue weighted by atomic mass is 32.2. The van der Waals surface area contributed by atoms with Crippen LogP contribution in [0.25, 0.3) is 0 Å². The molecule has 0 aromatic heterocycles. The van der Waals surface area contributed by atoms with Crippen LogP contribution in [0.15, 0.2) is 64.5 Å². The van der Waals surface area contributed by atoms with Crippen molar-refractivity contribution in [3.8, 4) is 0 Å². The summed E-state index contributed by atoms with van der Waals surface area (Å²) in [4.78, 5) is 31.1. The summed E-state index contributed by atoms with van der Waals surface area (Å²) >= 11 is 1.40. The number of carbonyl (C=O) groups is 2. The van der Waals surface area contributed by atoms with Crippen molar-refractivity contribution in [3.63, 3.8) is 0 Å². The zero-order valence-corrected chi connectivity index (χ0v) is 13.8. The van der Waals surface area contributed by atoms with Crippen LogP contribution in [0.1, 0.15) is 11.1 Å². The molecule has 120 valence electrons. The molecule has 0 N–H and O–H groups in total. The van der Waals surface area contributed by atoms with Crippen molar-refractivity contribution in [2.45, 2.75) is 18.2 Å². The minimum absolute atomic E-state index is 0.0221. The first-order valence-corrected chi connectivity index (χ1v) is 8.80. The van der Waals surface area contributed by atoms with Crippen molar-refractivity contribution in [1.29, 1.82) is 0 Å². The van der Waals surface area contributed by atoms with Crippen molar-refractivity contribution in [1.82, 2.24) is 4.90 Å². The minimum atomic E-state index is -0.322. The quantitative estimate of drug-likeness (QED) is 0.741. The van der Waals surface area contributed by atoms with E-state index >= 15 is 0 Å². The number of amides is 2. The lowest BCUT2D eigenvalue weighted by atomic mass is 10.00. The molecule has 0 radical (unpaired) electrons. The van der Waals surface area contributed by atoms with E-state index in [1.54, 1.807) is 4.90 Å². The van der Waals surface area contributed by atoms with Gasteiger partial charge in [0.25, 0.3) is 5.91 Å². The number of hydrogen-bond donors (Lipinski definition) is 0. The van der Waals surface area contributed by atoms with Gasteiger partial charge in [-0.3, -0.25) is 9.59 Å². The second kappa shape index (κ2) is 6.24. The van der Waals surface area contributed by atoms with Gasteiger partial charge in [0.15, 0.2) is 0 Å². The standard InChI is InChI=1S/C19H16N2O2S/c22-18(21-10-9-13-5-1-2-6-14(13)12-21)11-17-19(23)20-15-7-3-4-8-16(15)24-17/h1-8,11,16H,9-10,12H2/b17-11-. The Morgan fingerprint density at radius 3 is 2.96 bits per heavy atom. The highest BCUT2D eigenvalue weighted by Gasteiger charge is 2.27. The summed E-state index contributed by atoms with van der Waals surface area (Å²) in [5.41, 5.74) is 3.23. The molecule has 2 amide bonds. The topological polar surface area (TPSA) is 49.7 Å². The van der Waals surface area contributed by atoms with Crippen LogP contribution in [0, 0.1) is 0 Å². The van der Waals surface area contributed by atoms with Gasteiger partial charge in [-0.2, -0.15) is 0 Å². The molecule has 4 rings (SSSR count). The van der Waals surface area contributed by atoms with Crippen molar-refractivity contribution >= 4 is 29.3 Å². The van der Waals surface area contributed by atoms with Crippen molar-refractivity contribution in [2.24, 2.45) is 4.99 Å². The number of fused-ring (bicyclic) bond motifs is 2. The van der Waals surface area contributed by atoms with Crippen LogP contribution in [-0.4, -0.2) is 34.2 Å². The number of carbonyl (C=O) groups excluding carboxylic acids is 2. The molecular weight excluding hydrogens is 320 g/mol. The Labute approximate surface area is 144 Å².